The molecular formula is C51H55N3O7S. The van der Waals surface area contributed by atoms with Crippen molar-refractivity contribution in [3.05, 3.63) is 186 Å². The predicted octanol–water partition coefficient (Wildman–Crippen LogP) is 11.3. The average molecular weight is 854 g/mol. The van der Waals surface area contributed by atoms with Crippen LogP contribution < -0.4 is 24.8 Å². The van der Waals surface area contributed by atoms with Gasteiger partial charge >= 0.3 is 0 Å². The number of anilines is 2. The van der Waals surface area contributed by atoms with Gasteiger partial charge in [0.15, 0.2) is 0 Å². The number of benzene rings is 6. The highest BCUT2D eigenvalue weighted by molar-refractivity contribution is 7.90. The third-order valence-corrected chi connectivity index (χ3v) is 11.2. The monoisotopic (exact) mass is 853 g/mol. The Morgan fingerprint density at radius 1 is 0.516 bits per heavy atom. The lowest BCUT2D eigenvalue weighted by molar-refractivity contribution is -0.119. The van der Waals surface area contributed by atoms with Gasteiger partial charge in [0.1, 0.15) is 29.6 Å². The van der Waals surface area contributed by atoms with Crippen LogP contribution in [-0.4, -0.2) is 26.1 Å². The third-order valence-electron chi connectivity index (χ3n) is 9.76. The fraction of sp³-hybridized carbons (Fsp3) is 0.235. The first kappa shape index (κ1) is 46.3. The normalized spacial score (nSPS) is 10.7. The van der Waals surface area contributed by atoms with Gasteiger partial charge in [0.25, 0.3) is 21.8 Å². The Labute approximate surface area is 365 Å². The molecule has 62 heavy (non-hydrogen) atoms. The quantitative estimate of drug-likeness (QED) is 0.0650. The minimum absolute atomic E-state index is 0.0873. The maximum absolute atomic E-state index is 13.0. The van der Waals surface area contributed by atoms with E-state index in [1.165, 1.54) is 31.4 Å². The first-order chi connectivity index (χ1) is 30.1. The summed E-state index contributed by atoms with van der Waals surface area (Å²) in [6.45, 7) is 4.96. The number of hydrogen-bond donors (Lipinski definition) is 3. The number of amides is 3. The smallest absolute Gasteiger partial charge is 0.266 e. The summed E-state index contributed by atoms with van der Waals surface area (Å²) in [6.07, 6.45) is 7.39. The number of aryl methyl sites for hydroxylation is 1. The van der Waals surface area contributed by atoms with Crippen LogP contribution in [0.25, 0.3) is 0 Å². The number of carbonyl (C=O) groups excluding carboxylic acids is 3. The van der Waals surface area contributed by atoms with Crippen molar-refractivity contribution in [3.8, 4) is 11.5 Å². The molecule has 0 aliphatic rings. The highest BCUT2D eigenvalue weighted by Crippen LogP contribution is 2.24. The second-order valence-electron chi connectivity index (χ2n) is 14.7. The van der Waals surface area contributed by atoms with Crippen molar-refractivity contribution in [2.24, 2.45) is 0 Å². The van der Waals surface area contributed by atoms with Crippen molar-refractivity contribution in [1.82, 2.24) is 4.72 Å². The lowest BCUT2D eigenvalue weighted by Gasteiger charge is -2.13. The van der Waals surface area contributed by atoms with E-state index >= 15 is 0 Å². The summed E-state index contributed by atoms with van der Waals surface area (Å²) >= 11 is 0. The van der Waals surface area contributed by atoms with Crippen molar-refractivity contribution in [2.75, 3.05) is 10.6 Å². The summed E-state index contributed by atoms with van der Waals surface area (Å²) in [4.78, 5) is 37.6. The number of carbonyl (C=O) groups is 3. The molecule has 0 aliphatic carbocycles. The Balaban J connectivity index is 0.000000259. The molecule has 0 unspecified atom stereocenters. The molecule has 0 spiro atoms. The van der Waals surface area contributed by atoms with E-state index in [1.807, 2.05) is 104 Å². The van der Waals surface area contributed by atoms with Gasteiger partial charge in [-0.25, -0.2) is 13.1 Å². The van der Waals surface area contributed by atoms with Gasteiger partial charge in [-0.15, -0.1) is 0 Å². The van der Waals surface area contributed by atoms with E-state index in [0.29, 0.717) is 42.3 Å². The minimum Gasteiger partial charge on any atom is -0.489 e. The maximum atomic E-state index is 13.0. The van der Waals surface area contributed by atoms with E-state index in [0.717, 1.165) is 41.6 Å². The standard InChI is InChI=1S/C30H36N2O5S.C21H19NO2/c1-2-3-4-5-6-7-11-21-29(33)32-38(35,36)28-20-13-12-19-27(28)31-30(34)25-17-14-18-26(22-25)37-23-24-15-9-8-10-16-24;1-16-8-5-6-13-20(16)22-21(23)18-11-7-12-19(14-18)24-15-17-9-3-2-4-10-17/h8-10,12-20,22H,2-7,11,21,23H2,1H3,(H,31,34)(H,32,33);2-14H,15H2,1H3,(H,22,23). The second-order valence-corrected chi connectivity index (χ2v) is 16.4. The van der Waals surface area contributed by atoms with Crippen molar-refractivity contribution in [1.29, 1.82) is 0 Å². The first-order valence-corrected chi connectivity index (χ1v) is 22.5. The second kappa shape index (κ2) is 24.5. The molecule has 322 valence electrons. The molecule has 3 N–H and O–H groups in total. The number of ether oxygens (including phenoxy) is 2. The summed E-state index contributed by atoms with van der Waals surface area (Å²) in [5.74, 6) is 0.000879. The lowest BCUT2D eigenvalue weighted by atomic mass is 10.1. The molecule has 6 aromatic carbocycles. The van der Waals surface area contributed by atoms with Crippen molar-refractivity contribution >= 4 is 39.1 Å². The summed E-state index contributed by atoms with van der Waals surface area (Å²) in [6, 6.07) is 47.2. The number of unbranched alkanes of at least 4 members (excludes halogenated alkanes) is 6. The van der Waals surface area contributed by atoms with Gasteiger partial charge < -0.3 is 20.1 Å². The Kier molecular flexibility index (Phi) is 18.3. The zero-order valence-electron chi connectivity index (χ0n) is 35.3. The summed E-state index contributed by atoms with van der Waals surface area (Å²) in [5.41, 5.74) is 4.90. The van der Waals surface area contributed by atoms with Crippen LogP contribution in [0, 0.1) is 6.92 Å². The van der Waals surface area contributed by atoms with E-state index in [-0.39, 0.29) is 22.9 Å². The predicted molar refractivity (Wildman–Crippen MR) is 246 cm³/mol. The summed E-state index contributed by atoms with van der Waals surface area (Å²) in [7, 11) is -4.16. The highest BCUT2D eigenvalue weighted by Gasteiger charge is 2.22. The molecule has 0 heterocycles. The molecular weight excluding hydrogens is 799 g/mol. The van der Waals surface area contributed by atoms with Crippen LogP contribution in [0.15, 0.2) is 163 Å². The molecule has 3 amide bonds. The molecule has 0 bridgehead atoms. The zero-order chi connectivity index (χ0) is 44.0. The van der Waals surface area contributed by atoms with E-state index in [9.17, 15) is 22.8 Å². The van der Waals surface area contributed by atoms with Crippen molar-refractivity contribution in [3.63, 3.8) is 0 Å². The van der Waals surface area contributed by atoms with Gasteiger partial charge in [0.05, 0.1) is 5.69 Å². The maximum Gasteiger partial charge on any atom is 0.266 e. The zero-order valence-corrected chi connectivity index (χ0v) is 36.2. The fourth-order valence-corrected chi connectivity index (χ4v) is 7.52. The highest BCUT2D eigenvalue weighted by atomic mass is 32.2. The van der Waals surface area contributed by atoms with E-state index in [2.05, 4.69) is 22.3 Å². The molecule has 11 heteroatoms. The molecule has 10 nitrogen and oxygen atoms in total. The molecule has 0 radical (unpaired) electrons. The Bertz CT molecular complexity index is 2460. The van der Waals surface area contributed by atoms with Gasteiger partial charge in [-0.3, -0.25) is 14.4 Å². The third kappa shape index (κ3) is 15.4. The molecule has 0 saturated carbocycles. The summed E-state index contributed by atoms with van der Waals surface area (Å²) in [5, 5.41) is 5.59. The number of para-hydroxylation sites is 2. The number of rotatable bonds is 20. The number of hydrogen-bond acceptors (Lipinski definition) is 7. The van der Waals surface area contributed by atoms with E-state index in [1.54, 1.807) is 48.5 Å². The molecule has 0 aliphatic heterocycles. The lowest BCUT2D eigenvalue weighted by Crippen LogP contribution is -2.31. The molecule has 6 rings (SSSR count). The van der Waals surface area contributed by atoms with Gasteiger partial charge in [-0.05, 0) is 84.6 Å². The Morgan fingerprint density at radius 2 is 0.984 bits per heavy atom. The molecule has 0 saturated heterocycles. The van der Waals surface area contributed by atoms with Gasteiger partial charge in [-0.1, -0.05) is 149 Å². The minimum atomic E-state index is -4.16. The summed E-state index contributed by atoms with van der Waals surface area (Å²) < 4.78 is 39.6. The Hall–Kier alpha value is -6.72. The fourth-order valence-electron chi connectivity index (χ4n) is 6.34. The van der Waals surface area contributed by atoms with Crippen LogP contribution in [0.4, 0.5) is 11.4 Å². The largest absolute Gasteiger partial charge is 0.489 e. The van der Waals surface area contributed by atoms with E-state index < -0.39 is 21.8 Å². The SMILES string of the molecule is CCCCCCCCCC(=O)NS(=O)(=O)c1ccccc1NC(=O)c1cccc(OCc2ccccc2)c1.Cc1ccccc1NC(=O)c1cccc(OCc2ccccc2)c1. The molecule has 0 fully saturated rings. The van der Waals surface area contributed by atoms with Crippen LogP contribution in [0.3, 0.4) is 0 Å². The van der Waals surface area contributed by atoms with Crippen molar-refractivity contribution < 1.29 is 32.3 Å². The average Bonchev–Trinajstić information content (AvgIpc) is 3.29. The molecule has 6 aromatic rings. The van der Waals surface area contributed by atoms with Gasteiger partial charge in [0.2, 0.25) is 5.91 Å². The van der Waals surface area contributed by atoms with Crippen molar-refractivity contribution in [2.45, 2.75) is 83.3 Å². The molecule has 0 atom stereocenters. The number of nitrogens with one attached hydrogen (secondary N) is 3. The van der Waals surface area contributed by atoms with Crippen LogP contribution in [0.1, 0.15) is 95.7 Å². The first-order valence-electron chi connectivity index (χ1n) is 21.0. The van der Waals surface area contributed by atoms with Crippen LogP contribution in [-0.2, 0) is 28.0 Å². The van der Waals surface area contributed by atoms with Crippen LogP contribution in [0.5, 0.6) is 11.5 Å². The Morgan fingerprint density at radius 3 is 1.53 bits per heavy atom. The van der Waals surface area contributed by atoms with Crippen LogP contribution >= 0.6 is 0 Å². The van der Waals surface area contributed by atoms with Crippen LogP contribution in [0.2, 0.25) is 0 Å². The molecule has 0 aromatic heterocycles. The van der Waals surface area contributed by atoms with Gasteiger partial charge in [0, 0.05) is 23.2 Å². The van der Waals surface area contributed by atoms with E-state index in [4.69, 9.17) is 9.47 Å². The van der Waals surface area contributed by atoms with Gasteiger partial charge in [-0.2, -0.15) is 0 Å². The topological polar surface area (TPSA) is 140 Å². The number of sulfonamides is 1.